The van der Waals surface area contributed by atoms with E-state index in [2.05, 4.69) is 0 Å². The van der Waals surface area contributed by atoms with Gasteiger partial charge >= 0.3 is 0 Å². The van der Waals surface area contributed by atoms with Crippen molar-refractivity contribution in [2.24, 2.45) is 0 Å². The first-order valence-electron chi connectivity index (χ1n) is 10.7. The van der Waals surface area contributed by atoms with E-state index in [1.165, 1.54) is 16.4 Å². The molecule has 1 spiro atoms. The number of nitrogens with zero attached hydrogens (tertiary/aromatic N) is 2. The fourth-order valence-electron chi connectivity index (χ4n) is 5.31. The van der Waals surface area contributed by atoms with Crippen LogP contribution in [0.25, 0.3) is 0 Å². The lowest BCUT2D eigenvalue weighted by atomic mass is 9.80. The predicted octanol–water partition coefficient (Wildman–Crippen LogP) is 3.32. The molecule has 2 aliphatic heterocycles. The largest absolute Gasteiger partial charge is 0.379 e. The Hall–Kier alpha value is -2.29. The highest BCUT2D eigenvalue weighted by Crippen LogP contribution is 2.51. The number of morpholine rings is 1. The molecule has 8 heteroatoms. The van der Waals surface area contributed by atoms with Crippen LogP contribution in [0.2, 0.25) is 0 Å². The maximum absolute atomic E-state index is 14.9. The lowest BCUT2D eigenvalue weighted by Crippen LogP contribution is -2.42. The van der Waals surface area contributed by atoms with Crippen LogP contribution >= 0.6 is 0 Å². The third kappa shape index (κ3) is 3.28. The summed E-state index contributed by atoms with van der Waals surface area (Å²) in [6, 6.07) is 11.1. The normalized spacial score (nSPS) is 20.9. The second-order valence-electron chi connectivity index (χ2n) is 8.53. The van der Waals surface area contributed by atoms with Crippen LogP contribution in [0.15, 0.2) is 47.4 Å². The zero-order valence-corrected chi connectivity index (χ0v) is 18.0. The number of fused-ring (bicyclic) bond motifs is 2. The van der Waals surface area contributed by atoms with Crippen LogP contribution in [-0.2, 0) is 20.2 Å². The number of ether oxygens (including phenoxy) is 1. The molecule has 164 valence electrons. The molecule has 0 atom stereocenters. The minimum atomic E-state index is -3.85. The van der Waals surface area contributed by atoms with E-state index in [0.717, 1.165) is 25.7 Å². The van der Waals surface area contributed by atoms with Gasteiger partial charge in [0.25, 0.3) is 5.91 Å². The number of carbonyl (C=O) groups is 1. The van der Waals surface area contributed by atoms with Crippen molar-refractivity contribution in [3.8, 4) is 0 Å². The first-order chi connectivity index (χ1) is 14.9. The Bertz CT molecular complexity index is 1120. The van der Waals surface area contributed by atoms with E-state index in [0.29, 0.717) is 31.0 Å². The van der Waals surface area contributed by atoms with Gasteiger partial charge < -0.3 is 9.64 Å². The van der Waals surface area contributed by atoms with E-state index < -0.39 is 15.9 Å². The number of amides is 1. The molecule has 5 rings (SSSR count). The van der Waals surface area contributed by atoms with Crippen molar-refractivity contribution in [2.75, 3.05) is 37.7 Å². The van der Waals surface area contributed by atoms with Gasteiger partial charge in [0.2, 0.25) is 10.0 Å². The van der Waals surface area contributed by atoms with Crippen molar-refractivity contribution in [3.05, 3.63) is 59.4 Å². The van der Waals surface area contributed by atoms with Gasteiger partial charge in [-0.3, -0.25) is 4.79 Å². The smallest absolute Gasteiger partial charge is 0.259 e. The molecular formula is C23H25FN2O4S. The Morgan fingerprint density at radius 2 is 1.71 bits per heavy atom. The minimum absolute atomic E-state index is 0.00720. The summed E-state index contributed by atoms with van der Waals surface area (Å²) in [7, 11) is -3.85. The molecule has 0 N–H and O–H groups in total. The summed E-state index contributed by atoms with van der Waals surface area (Å²) in [5.74, 6) is -0.688. The molecule has 1 saturated carbocycles. The highest BCUT2D eigenvalue weighted by molar-refractivity contribution is 7.89. The number of rotatable bonds is 3. The van der Waals surface area contributed by atoms with Crippen LogP contribution in [0.5, 0.6) is 0 Å². The zero-order chi connectivity index (χ0) is 21.6. The first-order valence-corrected chi connectivity index (χ1v) is 12.2. The SMILES string of the molecule is O=C(c1ccccc1S(=O)(=O)N1CCOCC1)N1CC2(CCCC2)c2c(F)cccc21. The quantitative estimate of drug-likeness (QED) is 0.729. The number of sulfonamides is 1. The van der Waals surface area contributed by atoms with Gasteiger partial charge in [0.15, 0.2) is 0 Å². The minimum Gasteiger partial charge on any atom is -0.379 e. The molecule has 1 aliphatic carbocycles. The molecule has 2 aromatic carbocycles. The fourth-order valence-corrected chi connectivity index (χ4v) is 6.90. The standard InChI is InChI=1S/C23H25FN2O4S/c24-18-7-5-8-19-21(18)23(10-3-4-11-23)16-26(19)22(27)17-6-1-2-9-20(17)31(28,29)25-12-14-30-15-13-25/h1-2,5-9H,3-4,10-16H2. The van der Waals surface area contributed by atoms with Gasteiger partial charge in [-0.25, -0.2) is 12.8 Å². The molecule has 2 heterocycles. The van der Waals surface area contributed by atoms with Crippen molar-refractivity contribution in [2.45, 2.75) is 36.0 Å². The summed E-state index contributed by atoms with van der Waals surface area (Å²) in [6.45, 7) is 1.55. The van der Waals surface area contributed by atoms with Gasteiger partial charge in [-0.2, -0.15) is 4.31 Å². The van der Waals surface area contributed by atoms with Crippen LogP contribution < -0.4 is 4.90 Å². The van der Waals surface area contributed by atoms with Gasteiger partial charge in [0, 0.05) is 30.6 Å². The Labute approximate surface area is 181 Å². The van der Waals surface area contributed by atoms with Crippen molar-refractivity contribution in [1.82, 2.24) is 4.31 Å². The zero-order valence-electron chi connectivity index (χ0n) is 17.2. The molecule has 0 radical (unpaired) electrons. The lowest BCUT2D eigenvalue weighted by molar-refractivity contribution is 0.0730. The second kappa shape index (κ2) is 7.69. The van der Waals surface area contributed by atoms with E-state index in [9.17, 15) is 17.6 Å². The highest BCUT2D eigenvalue weighted by Gasteiger charge is 2.48. The number of hydrogen-bond donors (Lipinski definition) is 0. The molecule has 2 fully saturated rings. The Kier molecular flexibility index (Phi) is 5.11. The molecule has 6 nitrogen and oxygen atoms in total. The van der Waals surface area contributed by atoms with Crippen LogP contribution in [0.4, 0.5) is 10.1 Å². The Morgan fingerprint density at radius 1 is 1.00 bits per heavy atom. The van der Waals surface area contributed by atoms with E-state index >= 15 is 0 Å². The average molecular weight is 445 g/mol. The summed E-state index contributed by atoms with van der Waals surface area (Å²) >= 11 is 0. The van der Waals surface area contributed by atoms with Gasteiger partial charge in [-0.15, -0.1) is 0 Å². The monoisotopic (exact) mass is 444 g/mol. The van der Waals surface area contributed by atoms with Crippen LogP contribution in [0.1, 0.15) is 41.6 Å². The summed E-state index contributed by atoms with van der Waals surface area (Å²) < 4.78 is 48.2. The topological polar surface area (TPSA) is 66.9 Å². The lowest BCUT2D eigenvalue weighted by Gasteiger charge is -2.28. The third-order valence-electron chi connectivity index (χ3n) is 6.78. The molecule has 2 aromatic rings. The Morgan fingerprint density at radius 3 is 2.45 bits per heavy atom. The van der Waals surface area contributed by atoms with E-state index in [-0.39, 0.29) is 34.8 Å². The maximum atomic E-state index is 14.9. The summed E-state index contributed by atoms with van der Waals surface area (Å²) in [4.78, 5) is 15.3. The first kappa shape index (κ1) is 20.6. The number of benzene rings is 2. The van der Waals surface area contributed by atoms with Crippen molar-refractivity contribution < 1.29 is 22.3 Å². The second-order valence-corrected chi connectivity index (χ2v) is 10.4. The molecule has 3 aliphatic rings. The van der Waals surface area contributed by atoms with Crippen molar-refractivity contribution >= 4 is 21.6 Å². The molecular weight excluding hydrogens is 419 g/mol. The van der Waals surface area contributed by atoms with E-state index in [1.807, 2.05) is 0 Å². The van der Waals surface area contributed by atoms with Crippen molar-refractivity contribution in [3.63, 3.8) is 0 Å². The van der Waals surface area contributed by atoms with Crippen molar-refractivity contribution in [1.29, 1.82) is 0 Å². The fraction of sp³-hybridized carbons (Fsp3) is 0.435. The number of carbonyl (C=O) groups excluding carboxylic acids is 1. The predicted molar refractivity (Wildman–Crippen MR) is 114 cm³/mol. The third-order valence-corrected chi connectivity index (χ3v) is 8.74. The Balaban J connectivity index is 1.56. The molecule has 0 bridgehead atoms. The summed E-state index contributed by atoms with van der Waals surface area (Å²) in [5, 5.41) is 0. The molecule has 1 amide bonds. The average Bonchev–Trinajstić information content (AvgIpc) is 3.40. The van der Waals surface area contributed by atoms with Gasteiger partial charge in [-0.05, 0) is 37.1 Å². The van der Waals surface area contributed by atoms with E-state index in [1.54, 1.807) is 35.2 Å². The molecule has 0 aromatic heterocycles. The summed E-state index contributed by atoms with van der Waals surface area (Å²) in [5.41, 5.74) is 0.910. The summed E-state index contributed by atoms with van der Waals surface area (Å²) in [6.07, 6.45) is 3.66. The maximum Gasteiger partial charge on any atom is 0.259 e. The van der Waals surface area contributed by atoms with E-state index in [4.69, 9.17) is 4.74 Å². The number of hydrogen-bond acceptors (Lipinski definition) is 4. The van der Waals surface area contributed by atoms with Gasteiger partial charge in [0.1, 0.15) is 5.82 Å². The molecule has 1 saturated heterocycles. The van der Waals surface area contributed by atoms with Crippen LogP contribution in [0.3, 0.4) is 0 Å². The van der Waals surface area contributed by atoms with Gasteiger partial charge in [0.05, 0.1) is 29.4 Å². The molecule has 31 heavy (non-hydrogen) atoms. The van der Waals surface area contributed by atoms with Gasteiger partial charge in [-0.1, -0.05) is 31.0 Å². The number of anilines is 1. The number of halogens is 1. The molecule has 0 unspecified atom stereocenters. The highest BCUT2D eigenvalue weighted by atomic mass is 32.2. The van der Waals surface area contributed by atoms with Crippen LogP contribution in [-0.4, -0.2) is 51.5 Å². The van der Waals surface area contributed by atoms with Crippen LogP contribution in [0, 0.1) is 5.82 Å².